The van der Waals surface area contributed by atoms with E-state index in [2.05, 4.69) is 10.1 Å². The van der Waals surface area contributed by atoms with E-state index in [4.69, 9.17) is 6.92 Å². The molecule has 2 aromatic rings. The molecule has 0 atom stereocenters. The van der Waals surface area contributed by atoms with Crippen molar-refractivity contribution in [2.45, 2.75) is 6.36 Å². The Balaban J connectivity index is 2.06. The van der Waals surface area contributed by atoms with Crippen LogP contribution in [0.15, 0.2) is 48.5 Å². The minimum absolute atomic E-state index is 0.201. The van der Waals surface area contributed by atoms with Crippen molar-refractivity contribution in [3.8, 4) is 5.75 Å². The smallest absolute Gasteiger partial charge is 0.406 e. The predicted octanol–water partition coefficient (Wildman–Crippen LogP) is 3.90. The zero-order valence-corrected chi connectivity index (χ0v) is 10.6. The topological polar surface area (TPSA) is 38.3 Å². The molecule has 2 radical (unpaired) electrons. The maximum Gasteiger partial charge on any atom is 0.573 e. The average molecular weight is 293 g/mol. The molecule has 108 valence electrons. The standard InChI is InChI=1S/C15H10F3NO2/c1-10-3-2-4-12(9-10)19-14(20)11-5-7-13(8-6-11)21-15(16,17)18/h1-9H,(H,19,20). The van der Waals surface area contributed by atoms with Crippen LogP contribution in [0.5, 0.6) is 5.75 Å². The van der Waals surface area contributed by atoms with E-state index in [1.165, 1.54) is 12.1 Å². The Morgan fingerprint density at radius 3 is 2.33 bits per heavy atom. The van der Waals surface area contributed by atoms with Gasteiger partial charge < -0.3 is 10.1 Å². The molecule has 0 aliphatic carbocycles. The molecule has 0 aliphatic rings. The summed E-state index contributed by atoms with van der Waals surface area (Å²) >= 11 is 0. The number of benzene rings is 2. The second-order valence-corrected chi connectivity index (χ2v) is 4.15. The summed E-state index contributed by atoms with van der Waals surface area (Å²) in [6, 6.07) is 11.2. The Hall–Kier alpha value is -2.50. The fraction of sp³-hybridized carbons (Fsp3) is 0.0667. The van der Waals surface area contributed by atoms with Crippen LogP contribution < -0.4 is 10.1 Å². The van der Waals surface area contributed by atoms with Gasteiger partial charge in [-0.1, -0.05) is 12.1 Å². The number of hydrogen-bond donors (Lipinski definition) is 1. The fourth-order valence-electron chi connectivity index (χ4n) is 1.63. The summed E-state index contributed by atoms with van der Waals surface area (Å²) < 4.78 is 39.8. The summed E-state index contributed by atoms with van der Waals surface area (Å²) in [4.78, 5) is 11.9. The van der Waals surface area contributed by atoms with Crippen molar-refractivity contribution in [3.05, 3.63) is 66.6 Å². The molecule has 1 N–H and O–H groups in total. The van der Waals surface area contributed by atoms with Gasteiger partial charge in [-0.05, 0) is 48.9 Å². The summed E-state index contributed by atoms with van der Waals surface area (Å²) in [5.74, 6) is -0.845. The molecule has 0 saturated carbocycles. The maximum absolute atomic E-state index is 12.0. The van der Waals surface area contributed by atoms with Gasteiger partial charge in [0.1, 0.15) is 5.75 Å². The summed E-state index contributed by atoms with van der Waals surface area (Å²) in [6.07, 6.45) is -4.76. The van der Waals surface area contributed by atoms with E-state index in [1.807, 2.05) is 0 Å². The Labute approximate surface area is 119 Å². The molecular weight excluding hydrogens is 283 g/mol. The first-order chi connectivity index (χ1) is 9.83. The molecule has 0 fully saturated rings. The van der Waals surface area contributed by atoms with Crippen LogP contribution >= 0.6 is 0 Å². The summed E-state index contributed by atoms with van der Waals surface area (Å²) in [6.45, 7) is 5.58. The first-order valence-electron chi connectivity index (χ1n) is 5.86. The third-order valence-electron chi connectivity index (χ3n) is 2.49. The van der Waals surface area contributed by atoms with E-state index in [0.29, 0.717) is 11.3 Å². The Kier molecular flexibility index (Phi) is 4.16. The first-order valence-corrected chi connectivity index (χ1v) is 5.86. The molecule has 0 saturated heterocycles. The molecule has 2 rings (SSSR count). The van der Waals surface area contributed by atoms with Crippen LogP contribution in [0.1, 0.15) is 15.9 Å². The van der Waals surface area contributed by atoms with E-state index in [1.54, 1.807) is 24.3 Å². The SMILES string of the molecule is [CH]c1cccc(NC(=O)c2ccc(OC(F)(F)F)cc2)c1. The number of halogens is 3. The third kappa shape index (κ3) is 4.52. The van der Waals surface area contributed by atoms with Gasteiger partial charge >= 0.3 is 6.36 Å². The predicted molar refractivity (Wildman–Crippen MR) is 70.9 cm³/mol. The number of rotatable bonds is 3. The molecular formula is C15H10F3NO2. The third-order valence-corrected chi connectivity index (χ3v) is 2.49. The van der Waals surface area contributed by atoms with Crippen LogP contribution in [0.2, 0.25) is 0 Å². The average Bonchev–Trinajstić information content (AvgIpc) is 2.37. The monoisotopic (exact) mass is 293 g/mol. The molecule has 21 heavy (non-hydrogen) atoms. The Morgan fingerprint density at radius 1 is 1.10 bits per heavy atom. The zero-order valence-electron chi connectivity index (χ0n) is 10.6. The number of anilines is 1. The molecule has 0 aromatic heterocycles. The molecule has 0 heterocycles. The lowest BCUT2D eigenvalue weighted by Crippen LogP contribution is -2.17. The number of amides is 1. The van der Waals surface area contributed by atoms with E-state index in [9.17, 15) is 18.0 Å². The van der Waals surface area contributed by atoms with Crippen LogP contribution in [0.25, 0.3) is 0 Å². The number of ether oxygens (including phenoxy) is 1. The highest BCUT2D eigenvalue weighted by molar-refractivity contribution is 6.04. The summed E-state index contributed by atoms with van der Waals surface area (Å²) in [7, 11) is 0. The van der Waals surface area contributed by atoms with Gasteiger partial charge in [0.15, 0.2) is 0 Å². The van der Waals surface area contributed by atoms with E-state index < -0.39 is 12.3 Å². The highest BCUT2D eigenvalue weighted by Crippen LogP contribution is 2.23. The highest BCUT2D eigenvalue weighted by atomic mass is 19.4. The normalized spacial score (nSPS) is 11.0. The van der Waals surface area contributed by atoms with Gasteiger partial charge in [0.2, 0.25) is 0 Å². The van der Waals surface area contributed by atoms with E-state index >= 15 is 0 Å². The molecule has 0 bridgehead atoms. The second-order valence-electron chi connectivity index (χ2n) is 4.15. The Bertz CT molecular complexity index is 636. The van der Waals surface area contributed by atoms with E-state index in [-0.39, 0.29) is 11.3 Å². The number of carbonyl (C=O) groups is 1. The van der Waals surface area contributed by atoms with Crippen LogP contribution in [-0.4, -0.2) is 12.3 Å². The van der Waals surface area contributed by atoms with Crippen LogP contribution in [-0.2, 0) is 0 Å². The van der Waals surface area contributed by atoms with Crippen LogP contribution in [0, 0.1) is 6.92 Å². The number of alkyl halides is 3. The zero-order chi connectivity index (χ0) is 15.5. The quantitative estimate of drug-likeness (QED) is 0.932. The molecule has 0 unspecified atom stereocenters. The van der Waals surface area contributed by atoms with Gasteiger partial charge in [-0.3, -0.25) is 4.79 Å². The molecule has 2 aromatic carbocycles. The van der Waals surface area contributed by atoms with Crippen LogP contribution in [0.4, 0.5) is 18.9 Å². The largest absolute Gasteiger partial charge is 0.573 e. The summed E-state index contributed by atoms with van der Waals surface area (Å²) in [5.41, 5.74) is 1.18. The number of nitrogens with one attached hydrogen (secondary N) is 1. The fourth-order valence-corrected chi connectivity index (χ4v) is 1.63. The number of carbonyl (C=O) groups excluding carboxylic acids is 1. The van der Waals surface area contributed by atoms with Gasteiger partial charge in [-0.15, -0.1) is 13.2 Å². The lowest BCUT2D eigenvalue weighted by atomic mass is 10.2. The van der Waals surface area contributed by atoms with E-state index in [0.717, 1.165) is 12.1 Å². The van der Waals surface area contributed by atoms with Crippen molar-refractivity contribution in [2.75, 3.05) is 5.32 Å². The lowest BCUT2D eigenvalue weighted by molar-refractivity contribution is -0.274. The maximum atomic E-state index is 12.0. The van der Waals surface area contributed by atoms with Crippen LogP contribution in [0.3, 0.4) is 0 Å². The van der Waals surface area contributed by atoms with Crippen molar-refractivity contribution in [1.29, 1.82) is 0 Å². The Morgan fingerprint density at radius 2 is 1.76 bits per heavy atom. The van der Waals surface area contributed by atoms with Crippen molar-refractivity contribution in [1.82, 2.24) is 0 Å². The van der Waals surface area contributed by atoms with Gasteiger partial charge in [0.05, 0.1) is 0 Å². The first kappa shape index (κ1) is 14.9. The van der Waals surface area contributed by atoms with Crippen molar-refractivity contribution in [2.24, 2.45) is 0 Å². The summed E-state index contributed by atoms with van der Waals surface area (Å²) in [5, 5.41) is 2.58. The molecule has 1 amide bonds. The molecule has 3 nitrogen and oxygen atoms in total. The molecule has 6 heteroatoms. The van der Waals surface area contributed by atoms with Gasteiger partial charge in [0.25, 0.3) is 5.91 Å². The minimum Gasteiger partial charge on any atom is -0.406 e. The van der Waals surface area contributed by atoms with Crippen molar-refractivity contribution >= 4 is 11.6 Å². The van der Waals surface area contributed by atoms with Crippen molar-refractivity contribution in [3.63, 3.8) is 0 Å². The molecule has 0 aliphatic heterocycles. The highest BCUT2D eigenvalue weighted by Gasteiger charge is 2.31. The lowest BCUT2D eigenvalue weighted by Gasteiger charge is -2.09. The second kappa shape index (κ2) is 5.87. The minimum atomic E-state index is -4.76. The van der Waals surface area contributed by atoms with Gasteiger partial charge in [-0.25, -0.2) is 0 Å². The molecule has 0 spiro atoms. The van der Waals surface area contributed by atoms with Gasteiger partial charge in [-0.2, -0.15) is 0 Å². The van der Waals surface area contributed by atoms with Gasteiger partial charge in [0, 0.05) is 11.3 Å². The number of hydrogen-bond acceptors (Lipinski definition) is 2. The van der Waals surface area contributed by atoms with Crippen molar-refractivity contribution < 1.29 is 22.7 Å².